The highest BCUT2D eigenvalue weighted by Crippen LogP contribution is 2.46. The number of rotatable bonds is 5. The Morgan fingerprint density at radius 3 is 2.62 bits per heavy atom. The fourth-order valence-electron chi connectivity index (χ4n) is 2.45. The molecule has 21 heavy (non-hydrogen) atoms. The predicted molar refractivity (Wildman–Crippen MR) is 79.3 cm³/mol. The van der Waals surface area contributed by atoms with Gasteiger partial charge in [-0.1, -0.05) is 6.07 Å². The molecule has 0 unspecified atom stereocenters. The van der Waals surface area contributed by atoms with Crippen molar-refractivity contribution in [1.82, 2.24) is 19.7 Å². The zero-order chi connectivity index (χ0) is 14.4. The van der Waals surface area contributed by atoms with E-state index in [0.717, 1.165) is 15.7 Å². The molecule has 0 saturated heterocycles. The van der Waals surface area contributed by atoms with Crippen molar-refractivity contribution in [2.75, 3.05) is 0 Å². The summed E-state index contributed by atoms with van der Waals surface area (Å²) in [5.74, 6) is 1.79. The van der Waals surface area contributed by atoms with Gasteiger partial charge in [-0.3, -0.25) is 0 Å². The number of aliphatic hydroxyl groups is 1. The van der Waals surface area contributed by atoms with Crippen molar-refractivity contribution in [3.63, 3.8) is 0 Å². The molecule has 2 aromatic heterocycles. The first-order valence-electron chi connectivity index (χ1n) is 7.49. The molecule has 2 fully saturated rings. The van der Waals surface area contributed by atoms with Crippen LogP contribution in [0.3, 0.4) is 0 Å². The van der Waals surface area contributed by atoms with E-state index in [4.69, 9.17) is 0 Å². The Morgan fingerprint density at radius 2 is 2.05 bits per heavy atom. The highest BCUT2D eigenvalue weighted by Gasteiger charge is 2.36. The van der Waals surface area contributed by atoms with Crippen LogP contribution in [0.2, 0.25) is 0 Å². The summed E-state index contributed by atoms with van der Waals surface area (Å²) in [5.41, 5.74) is 0.835. The lowest BCUT2D eigenvalue weighted by Gasteiger charge is -2.08. The Labute approximate surface area is 127 Å². The zero-order valence-electron chi connectivity index (χ0n) is 11.9. The second-order valence-electron chi connectivity index (χ2n) is 5.92. The molecule has 0 amide bonds. The smallest absolute Gasteiger partial charge is 0.197 e. The quantitative estimate of drug-likeness (QED) is 0.919. The molecular weight excluding hydrogens is 284 g/mol. The van der Waals surface area contributed by atoms with Gasteiger partial charge in [-0.15, -0.1) is 10.2 Å². The third kappa shape index (κ3) is 2.70. The molecule has 2 aliphatic rings. The van der Waals surface area contributed by atoms with Crippen molar-refractivity contribution in [2.45, 2.75) is 60.9 Å². The minimum Gasteiger partial charge on any atom is -0.389 e. The van der Waals surface area contributed by atoms with Crippen molar-refractivity contribution < 1.29 is 5.11 Å². The Hall–Kier alpha value is -1.40. The fourth-order valence-corrected chi connectivity index (χ4v) is 3.30. The van der Waals surface area contributed by atoms with Crippen molar-refractivity contribution >= 4 is 11.8 Å². The molecule has 0 radical (unpaired) electrons. The number of hydrogen-bond acceptors (Lipinski definition) is 5. The summed E-state index contributed by atoms with van der Waals surface area (Å²) >= 11 is 1.57. The van der Waals surface area contributed by atoms with E-state index in [-0.39, 0.29) is 0 Å². The first kappa shape index (κ1) is 13.3. The molecule has 2 aromatic rings. The summed E-state index contributed by atoms with van der Waals surface area (Å²) in [7, 11) is 0. The molecule has 1 N–H and O–H groups in total. The van der Waals surface area contributed by atoms with Gasteiger partial charge in [-0.2, -0.15) is 0 Å². The monoisotopic (exact) mass is 302 g/mol. The molecule has 0 bridgehead atoms. The minimum atomic E-state index is -0.479. The van der Waals surface area contributed by atoms with Crippen LogP contribution in [0.25, 0.3) is 0 Å². The average molecular weight is 302 g/mol. The van der Waals surface area contributed by atoms with Crippen LogP contribution in [-0.2, 0) is 0 Å². The number of hydrogen-bond donors (Lipinski definition) is 1. The lowest BCUT2D eigenvalue weighted by Crippen LogP contribution is -2.02. The summed E-state index contributed by atoms with van der Waals surface area (Å²) in [6.45, 7) is 1.75. The van der Waals surface area contributed by atoms with Crippen molar-refractivity contribution in [3.05, 3.63) is 29.7 Å². The Morgan fingerprint density at radius 1 is 1.24 bits per heavy atom. The topological polar surface area (TPSA) is 63.8 Å². The molecule has 2 saturated carbocycles. The number of aliphatic hydroxyl groups excluding tert-OH is 1. The Balaban J connectivity index is 1.59. The van der Waals surface area contributed by atoms with Gasteiger partial charge < -0.3 is 9.67 Å². The van der Waals surface area contributed by atoms with Crippen molar-refractivity contribution in [2.24, 2.45) is 0 Å². The first-order valence-corrected chi connectivity index (χ1v) is 8.30. The summed E-state index contributed by atoms with van der Waals surface area (Å²) in [6.07, 6.45) is 6.22. The molecule has 0 aliphatic heterocycles. The molecule has 0 spiro atoms. The highest BCUT2D eigenvalue weighted by atomic mass is 32.2. The third-order valence-electron chi connectivity index (χ3n) is 3.98. The van der Waals surface area contributed by atoms with Gasteiger partial charge in [-0.25, -0.2) is 4.98 Å². The van der Waals surface area contributed by atoms with E-state index in [1.54, 1.807) is 24.9 Å². The SMILES string of the molecule is C[C@@H](O)c1ccc(Sc2nnc(C3CC3)n2C2CC2)nc1. The van der Waals surface area contributed by atoms with E-state index in [9.17, 15) is 5.11 Å². The van der Waals surface area contributed by atoms with Crippen LogP contribution in [0.4, 0.5) is 0 Å². The number of aromatic nitrogens is 4. The van der Waals surface area contributed by atoms with E-state index in [1.807, 2.05) is 12.1 Å². The van der Waals surface area contributed by atoms with E-state index in [2.05, 4.69) is 19.7 Å². The first-order chi connectivity index (χ1) is 10.2. The van der Waals surface area contributed by atoms with Gasteiger partial charge in [0.2, 0.25) is 0 Å². The molecule has 1 atom stereocenters. The van der Waals surface area contributed by atoms with E-state index in [0.29, 0.717) is 12.0 Å². The third-order valence-corrected chi connectivity index (χ3v) is 4.89. The normalized spacial score (nSPS) is 19.7. The van der Waals surface area contributed by atoms with Crippen molar-refractivity contribution in [1.29, 1.82) is 0 Å². The molecule has 2 heterocycles. The van der Waals surface area contributed by atoms with Crippen LogP contribution in [0.5, 0.6) is 0 Å². The van der Waals surface area contributed by atoms with Gasteiger partial charge in [0.15, 0.2) is 5.16 Å². The van der Waals surface area contributed by atoms with E-state index >= 15 is 0 Å². The van der Waals surface area contributed by atoms with Gasteiger partial charge in [0, 0.05) is 18.2 Å². The number of nitrogens with zero attached hydrogens (tertiary/aromatic N) is 4. The molecular formula is C15H18N4OS. The van der Waals surface area contributed by atoms with E-state index in [1.165, 1.54) is 31.5 Å². The lowest BCUT2D eigenvalue weighted by atomic mass is 10.2. The van der Waals surface area contributed by atoms with Crippen LogP contribution in [0.15, 0.2) is 28.5 Å². The number of pyridine rings is 1. The lowest BCUT2D eigenvalue weighted by molar-refractivity contribution is 0.198. The largest absolute Gasteiger partial charge is 0.389 e. The van der Waals surface area contributed by atoms with Gasteiger partial charge in [0.05, 0.1) is 6.10 Å². The summed E-state index contributed by atoms with van der Waals surface area (Å²) < 4.78 is 2.33. The van der Waals surface area contributed by atoms with Crippen LogP contribution in [0, 0.1) is 0 Å². The highest BCUT2D eigenvalue weighted by molar-refractivity contribution is 7.99. The summed E-state index contributed by atoms with van der Waals surface area (Å²) in [4.78, 5) is 4.41. The van der Waals surface area contributed by atoms with Crippen LogP contribution < -0.4 is 0 Å². The summed E-state index contributed by atoms with van der Waals surface area (Å²) in [5, 5.41) is 20.2. The summed E-state index contributed by atoms with van der Waals surface area (Å²) in [6, 6.07) is 4.45. The maximum absolute atomic E-state index is 9.53. The second-order valence-corrected chi connectivity index (χ2v) is 6.91. The van der Waals surface area contributed by atoms with Crippen LogP contribution >= 0.6 is 11.8 Å². The van der Waals surface area contributed by atoms with Gasteiger partial charge in [0.25, 0.3) is 0 Å². The molecule has 2 aliphatic carbocycles. The van der Waals surface area contributed by atoms with Gasteiger partial charge >= 0.3 is 0 Å². The molecule has 110 valence electrons. The van der Waals surface area contributed by atoms with Gasteiger partial charge in [0.1, 0.15) is 10.9 Å². The van der Waals surface area contributed by atoms with Crippen LogP contribution in [0.1, 0.15) is 62.1 Å². The Bertz CT molecular complexity index is 644. The molecule has 5 nitrogen and oxygen atoms in total. The zero-order valence-corrected chi connectivity index (χ0v) is 12.8. The standard InChI is InChI=1S/C15H18N4OS/c1-9(20)11-4-7-13(16-8-11)21-15-18-17-14(10-2-3-10)19(15)12-5-6-12/h4,7-10,12,20H,2-3,5-6H2,1H3/t9-/m1/s1. The predicted octanol–water partition coefficient (Wildman–Crippen LogP) is 3.09. The van der Waals surface area contributed by atoms with Crippen LogP contribution in [-0.4, -0.2) is 24.9 Å². The molecule has 0 aromatic carbocycles. The Kier molecular flexibility index (Phi) is 3.23. The fraction of sp³-hybridized carbons (Fsp3) is 0.533. The average Bonchev–Trinajstić information content (AvgIpc) is 3.39. The molecule has 4 rings (SSSR count). The van der Waals surface area contributed by atoms with Gasteiger partial charge in [-0.05, 0) is 56.0 Å². The van der Waals surface area contributed by atoms with Crippen molar-refractivity contribution in [3.8, 4) is 0 Å². The van der Waals surface area contributed by atoms with E-state index < -0.39 is 6.10 Å². The minimum absolute atomic E-state index is 0.479. The maximum atomic E-state index is 9.53. The maximum Gasteiger partial charge on any atom is 0.197 e. The molecule has 6 heteroatoms. The second kappa shape index (κ2) is 5.10.